The molecule has 0 aliphatic carbocycles. The van der Waals surface area contributed by atoms with Crippen LogP contribution >= 0.6 is 11.6 Å². The average molecular weight is 247 g/mol. The van der Waals surface area contributed by atoms with Crippen LogP contribution in [0.25, 0.3) is 10.8 Å². The first-order chi connectivity index (χ1) is 8.34. The number of hydrogen-bond donors (Lipinski definition) is 0. The second kappa shape index (κ2) is 4.53. The minimum Gasteiger partial charge on any atom is -0.356 e. The predicted molar refractivity (Wildman–Crippen MR) is 72.8 cm³/mol. The van der Waals surface area contributed by atoms with E-state index in [-0.39, 0.29) is 0 Å². The lowest BCUT2D eigenvalue weighted by molar-refractivity contribution is 0.575. The van der Waals surface area contributed by atoms with Gasteiger partial charge in [-0.15, -0.1) is 0 Å². The van der Waals surface area contributed by atoms with Crippen molar-refractivity contribution >= 4 is 28.2 Å². The Balaban J connectivity index is 2.13. The van der Waals surface area contributed by atoms with Crippen LogP contribution in [0.4, 0.5) is 5.82 Å². The standard InChI is InChI=1S/C14H15ClN2/c15-13-10-11-6-2-3-7-12(11)14(16-13)17-8-4-1-5-9-17/h2-3,6-7,10H,1,4-5,8-9H2. The van der Waals surface area contributed by atoms with Gasteiger partial charge in [-0.1, -0.05) is 35.9 Å². The van der Waals surface area contributed by atoms with Gasteiger partial charge < -0.3 is 4.90 Å². The normalized spacial score (nSPS) is 16.4. The first-order valence-electron chi connectivity index (χ1n) is 6.15. The van der Waals surface area contributed by atoms with Gasteiger partial charge in [-0.25, -0.2) is 4.98 Å². The van der Waals surface area contributed by atoms with E-state index in [9.17, 15) is 0 Å². The Morgan fingerprint density at radius 3 is 2.65 bits per heavy atom. The molecule has 0 N–H and O–H groups in total. The van der Waals surface area contributed by atoms with Gasteiger partial charge in [-0.3, -0.25) is 0 Å². The highest BCUT2D eigenvalue weighted by Gasteiger charge is 2.15. The van der Waals surface area contributed by atoms with Crippen LogP contribution in [0.2, 0.25) is 5.15 Å². The van der Waals surface area contributed by atoms with Crippen molar-refractivity contribution in [2.24, 2.45) is 0 Å². The number of piperidine rings is 1. The molecule has 3 rings (SSSR count). The topological polar surface area (TPSA) is 16.1 Å². The molecule has 1 aromatic heterocycles. The molecule has 0 saturated carbocycles. The van der Waals surface area contributed by atoms with Gasteiger partial charge in [0.1, 0.15) is 11.0 Å². The van der Waals surface area contributed by atoms with Crippen LogP contribution in [0.3, 0.4) is 0 Å². The molecule has 2 heterocycles. The molecule has 1 saturated heterocycles. The van der Waals surface area contributed by atoms with E-state index in [1.165, 1.54) is 30.0 Å². The SMILES string of the molecule is Clc1cc2ccccc2c(N2CCCCC2)n1. The van der Waals surface area contributed by atoms with Gasteiger partial charge in [0.05, 0.1) is 0 Å². The number of hydrogen-bond acceptors (Lipinski definition) is 2. The summed E-state index contributed by atoms with van der Waals surface area (Å²) in [5.74, 6) is 1.05. The van der Waals surface area contributed by atoms with Gasteiger partial charge in [-0.2, -0.15) is 0 Å². The largest absolute Gasteiger partial charge is 0.356 e. The van der Waals surface area contributed by atoms with Gasteiger partial charge in [0.2, 0.25) is 0 Å². The lowest BCUT2D eigenvalue weighted by Crippen LogP contribution is -2.30. The minimum absolute atomic E-state index is 0.587. The van der Waals surface area contributed by atoms with E-state index in [1.807, 2.05) is 12.1 Å². The Labute approximate surface area is 106 Å². The summed E-state index contributed by atoms with van der Waals surface area (Å²) in [6, 6.07) is 10.3. The summed E-state index contributed by atoms with van der Waals surface area (Å²) in [7, 11) is 0. The van der Waals surface area contributed by atoms with Crippen LogP contribution in [0.15, 0.2) is 30.3 Å². The van der Waals surface area contributed by atoms with Crippen LogP contribution in [-0.4, -0.2) is 18.1 Å². The third kappa shape index (κ3) is 2.09. The minimum atomic E-state index is 0.587. The second-order valence-corrected chi connectivity index (χ2v) is 4.92. The van der Waals surface area contributed by atoms with E-state index in [2.05, 4.69) is 28.1 Å². The van der Waals surface area contributed by atoms with Gasteiger partial charge in [-0.05, 0) is 30.7 Å². The third-order valence-corrected chi connectivity index (χ3v) is 3.54. The van der Waals surface area contributed by atoms with Crippen molar-refractivity contribution in [1.29, 1.82) is 0 Å². The highest BCUT2D eigenvalue weighted by Crippen LogP contribution is 2.29. The van der Waals surface area contributed by atoms with E-state index >= 15 is 0 Å². The van der Waals surface area contributed by atoms with E-state index in [4.69, 9.17) is 11.6 Å². The Morgan fingerprint density at radius 1 is 1.06 bits per heavy atom. The molecule has 0 bridgehead atoms. The maximum atomic E-state index is 6.11. The summed E-state index contributed by atoms with van der Waals surface area (Å²) in [5.41, 5.74) is 0. The molecule has 0 radical (unpaired) electrons. The van der Waals surface area contributed by atoms with E-state index < -0.39 is 0 Å². The van der Waals surface area contributed by atoms with Gasteiger partial charge in [0.25, 0.3) is 0 Å². The number of pyridine rings is 1. The molecule has 1 aliphatic heterocycles. The molecule has 0 spiro atoms. The van der Waals surface area contributed by atoms with Crippen LogP contribution in [0.1, 0.15) is 19.3 Å². The Hall–Kier alpha value is -1.28. The van der Waals surface area contributed by atoms with Gasteiger partial charge in [0, 0.05) is 18.5 Å². The van der Waals surface area contributed by atoms with Gasteiger partial charge >= 0.3 is 0 Å². The monoisotopic (exact) mass is 246 g/mol. The van der Waals surface area contributed by atoms with Crippen molar-refractivity contribution in [1.82, 2.24) is 4.98 Å². The van der Waals surface area contributed by atoms with Crippen molar-refractivity contribution < 1.29 is 0 Å². The highest BCUT2D eigenvalue weighted by atomic mass is 35.5. The number of fused-ring (bicyclic) bond motifs is 1. The molecule has 17 heavy (non-hydrogen) atoms. The molecule has 0 amide bonds. The van der Waals surface area contributed by atoms with E-state index in [1.54, 1.807) is 0 Å². The Bertz CT molecular complexity index is 533. The fraction of sp³-hybridized carbons (Fsp3) is 0.357. The maximum absolute atomic E-state index is 6.11. The molecule has 1 fully saturated rings. The summed E-state index contributed by atoms with van der Waals surface area (Å²) in [4.78, 5) is 6.88. The zero-order valence-electron chi connectivity index (χ0n) is 9.69. The highest BCUT2D eigenvalue weighted by molar-refractivity contribution is 6.30. The summed E-state index contributed by atoms with van der Waals surface area (Å²) in [6.07, 6.45) is 3.83. The Morgan fingerprint density at radius 2 is 1.82 bits per heavy atom. The zero-order chi connectivity index (χ0) is 11.7. The van der Waals surface area contributed by atoms with Crippen LogP contribution in [0, 0.1) is 0 Å². The molecule has 3 heteroatoms. The number of aromatic nitrogens is 1. The number of halogens is 1. The number of nitrogens with zero attached hydrogens (tertiary/aromatic N) is 2. The van der Waals surface area contributed by atoms with Crippen LogP contribution in [-0.2, 0) is 0 Å². The van der Waals surface area contributed by atoms with E-state index in [0.29, 0.717) is 5.15 Å². The Kier molecular flexibility index (Phi) is 2.89. The van der Waals surface area contributed by atoms with Crippen molar-refractivity contribution in [3.63, 3.8) is 0 Å². The maximum Gasteiger partial charge on any atom is 0.138 e. The second-order valence-electron chi connectivity index (χ2n) is 4.54. The summed E-state index contributed by atoms with van der Waals surface area (Å²) < 4.78 is 0. The van der Waals surface area contributed by atoms with Crippen molar-refractivity contribution in [3.05, 3.63) is 35.5 Å². The third-order valence-electron chi connectivity index (χ3n) is 3.34. The molecule has 1 aromatic carbocycles. The van der Waals surface area contributed by atoms with Crippen molar-refractivity contribution in [2.75, 3.05) is 18.0 Å². The van der Waals surface area contributed by atoms with Crippen molar-refractivity contribution in [3.8, 4) is 0 Å². The molecule has 2 nitrogen and oxygen atoms in total. The molecule has 0 atom stereocenters. The lowest BCUT2D eigenvalue weighted by atomic mass is 10.1. The summed E-state index contributed by atoms with van der Waals surface area (Å²) in [5, 5.41) is 2.97. The fourth-order valence-electron chi connectivity index (χ4n) is 2.50. The van der Waals surface area contributed by atoms with Crippen LogP contribution < -0.4 is 4.90 Å². The molecule has 0 unspecified atom stereocenters. The molecule has 88 valence electrons. The zero-order valence-corrected chi connectivity index (χ0v) is 10.5. The molecule has 2 aromatic rings. The molecule has 1 aliphatic rings. The van der Waals surface area contributed by atoms with Gasteiger partial charge in [0.15, 0.2) is 0 Å². The predicted octanol–water partition coefficient (Wildman–Crippen LogP) is 3.88. The smallest absolute Gasteiger partial charge is 0.138 e. The van der Waals surface area contributed by atoms with E-state index in [0.717, 1.165) is 18.9 Å². The summed E-state index contributed by atoms with van der Waals surface area (Å²) in [6.45, 7) is 2.19. The summed E-state index contributed by atoms with van der Waals surface area (Å²) >= 11 is 6.11. The first kappa shape index (κ1) is 10.8. The lowest BCUT2D eigenvalue weighted by Gasteiger charge is -2.28. The van der Waals surface area contributed by atoms with Crippen molar-refractivity contribution in [2.45, 2.75) is 19.3 Å². The molecular weight excluding hydrogens is 232 g/mol. The quantitative estimate of drug-likeness (QED) is 0.710. The number of benzene rings is 1. The first-order valence-corrected chi connectivity index (χ1v) is 6.52. The number of anilines is 1. The van der Waals surface area contributed by atoms with Crippen LogP contribution in [0.5, 0.6) is 0 Å². The average Bonchev–Trinajstić information content (AvgIpc) is 2.39. The fourth-order valence-corrected chi connectivity index (χ4v) is 2.69. The molecular formula is C14H15ClN2. The number of rotatable bonds is 1.